The average molecular weight is 333 g/mol. The van der Waals surface area contributed by atoms with Crippen molar-refractivity contribution >= 4 is 12.0 Å². The summed E-state index contributed by atoms with van der Waals surface area (Å²) < 4.78 is 22.2. The maximum absolute atomic E-state index is 12.5. The number of rotatable bonds is 7. The first kappa shape index (κ1) is 16.9. The standard InChI is InChI=1S/C18H23NO5/c1-2-13-7-8-19-17(23-11-14-5-3-9-21-14)16(13)18(20)24-12-15-6-4-10-22-15/h2,7-8,14-15H,1,3-6,9-12H2. The molecule has 6 heteroatoms. The lowest BCUT2D eigenvalue weighted by atomic mass is 10.1. The highest BCUT2D eigenvalue weighted by atomic mass is 16.6. The van der Waals surface area contributed by atoms with Crippen molar-refractivity contribution in [1.82, 2.24) is 4.98 Å². The Balaban J connectivity index is 1.68. The third-order valence-corrected chi connectivity index (χ3v) is 4.23. The molecule has 0 radical (unpaired) electrons. The zero-order chi connectivity index (χ0) is 16.8. The van der Waals surface area contributed by atoms with E-state index in [1.54, 1.807) is 18.3 Å². The summed E-state index contributed by atoms with van der Waals surface area (Å²) in [6.45, 7) is 5.85. The Hall–Kier alpha value is -1.92. The summed E-state index contributed by atoms with van der Waals surface area (Å²) in [6, 6.07) is 1.72. The lowest BCUT2D eigenvalue weighted by molar-refractivity contribution is 0.0153. The zero-order valence-electron chi connectivity index (χ0n) is 13.7. The fourth-order valence-electron chi connectivity index (χ4n) is 2.91. The van der Waals surface area contributed by atoms with Crippen LogP contribution >= 0.6 is 0 Å². The molecule has 2 aliphatic rings. The van der Waals surface area contributed by atoms with Crippen molar-refractivity contribution in [1.29, 1.82) is 0 Å². The third kappa shape index (κ3) is 4.13. The summed E-state index contributed by atoms with van der Waals surface area (Å²) in [7, 11) is 0. The van der Waals surface area contributed by atoms with Crippen molar-refractivity contribution in [3.63, 3.8) is 0 Å². The van der Waals surface area contributed by atoms with E-state index in [0.717, 1.165) is 38.9 Å². The summed E-state index contributed by atoms with van der Waals surface area (Å²) in [6.07, 6.45) is 7.13. The molecule has 0 saturated carbocycles. The van der Waals surface area contributed by atoms with E-state index in [9.17, 15) is 4.79 Å². The van der Waals surface area contributed by atoms with Crippen molar-refractivity contribution in [3.05, 3.63) is 30.0 Å². The molecule has 0 spiro atoms. The molecule has 24 heavy (non-hydrogen) atoms. The maximum atomic E-state index is 12.5. The van der Waals surface area contributed by atoms with E-state index in [4.69, 9.17) is 18.9 Å². The van der Waals surface area contributed by atoms with E-state index >= 15 is 0 Å². The Morgan fingerprint density at radius 3 is 2.58 bits per heavy atom. The predicted octanol–water partition coefficient (Wildman–Crippen LogP) is 2.62. The Kier molecular flexibility index (Phi) is 5.82. The van der Waals surface area contributed by atoms with Crippen molar-refractivity contribution in [2.24, 2.45) is 0 Å². The number of pyridine rings is 1. The Labute approximate surface area is 141 Å². The quantitative estimate of drug-likeness (QED) is 0.715. The molecule has 1 aromatic heterocycles. The molecule has 0 bridgehead atoms. The summed E-state index contributed by atoms with van der Waals surface area (Å²) in [4.78, 5) is 16.7. The maximum Gasteiger partial charge on any atom is 0.344 e. The molecule has 2 fully saturated rings. The van der Waals surface area contributed by atoms with Gasteiger partial charge in [0.25, 0.3) is 0 Å². The molecule has 0 aliphatic carbocycles. The molecule has 130 valence electrons. The van der Waals surface area contributed by atoms with E-state index in [1.807, 2.05) is 0 Å². The first-order valence-corrected chi connectivity index (χ1v) is 8.42. The van der Waals surface area contributed by atoms with Crippen LogP contribution in [0.2, 0.25) is 0 Å². The summed E-state index contributed by atoms with van der Waals surface area (Å²) in [5.74, 6) is -0.198. The molecule has 2 atom stereocenters. The Morgan fingerprint density at radius 1 is 1.25 bits per heavy atom. The number of hydrogen-bond donors (Lipinski definition) is 0. The van der Waals surface area contributed by atoms with Crippen LogP contribution in [0.4, 0.5) is 0 Å². The lowest BCUT2D eigenvalue weighted by Gasteiger charge is -2.16. The van der Waals surface area contributed by atoms with Crippen LogP contribution in [-0.2, 0) is 14.2 Å². The van der Waals surface area contributed by atoms with Crippen LogP contribution < -0.4 is 4.74 Å². The van der Waals surface area contributed by atoms with Crippen LogP contribution in [0.5, 0.6) is 5.88 Å². The van der Waals surface area contributed by atoms with Gasteiger partial charge in [-0.15, -0.1) is 0 Å². The number of aromatic nitrogens is 1. The molecular formula is C18H23NO5. The van der Waals surface area contributed by atoms with Crippen molar-refractivity contribution < 1.29 is 23.7 Å². The molecule has 3 rings (SSSR count). The molecule has 3 heterocycles. The van der Waals surface area contributed by atoms with E-state index in [-0.39, 0.29) is 24.7 Å². The van der Waals surface area contributed by atoms with Crippen molar-refractivity contribution in [2.75, 3.05) is 26.4 Å². The van der Waals surface area contributed by atoms with Gasteiger partial charge in [0.2, 0.25) is 5.88 Å². The molecule has 0 aromatic carbocycles. The van der Waals surface area contributed by atoms with Crippen LogP contribution in [0.1, 0.15) is 41.6 Å². The van der Waals surface area contributed by atoms with E-state index in [0.29, 0.717) is 17.7 Å². The number of nitrogens with zero attached hydrogens (tertiary/aromatic N) is 1. The van der Waals surface area contributed by atoms with Gasteiger partial charge >= 0.3 is 5.97 Å². The SMILES string of the molecule is C=Cc1ccnc(OCC2CCCO2)c1C(=O)OCC1CCCO1. The van der Waals surface area contributed by atoms with Gasteiger partial charge in [0.15, 0.2) is 0 Å². The minimum atomic E-state index is -0.462. The Bertz CT molecular complexity index is 577. The highest BCUT2D eigenvalue weighted by Gasteiger charge is 2.24. The molecule has 0 amide bonds. The van der Waals surface area contributed by atoms with E-state index in [1.165, 1.54) is 0 Å². The first-order chi connectivity index (χ1) is 11.8. The minimum Gasteiger partial charge on any atom is -0.474 e. The normalized spacial score (nSPS) is 23.2. The van der Waals surface area contributed by atoms with Gasteiger partial charge in [0.1, 0.15) is 18.8 Å². The zero-order valence-corrected chi connectivity index (χ0v) is 13.7. The molecule has 2 aliphatic heterocycles. The summed E-state index contributed by atoms with van der Waals surface area (Å²) >= 11 is 0. The second-order valence-corrected chi connectivity index (χ2v) is 5.96. The molecule has 2 saturated heterocycles. The van der Waals surface area contributed by atoms with Crippen molar-refractivity contribution in [3.8, 4) is 5.88 Å². The fourth-order valence-corrected chi connectivity index (χ4v) is 2.91. The molecule has 2 unspecified atom stereocenters. The second kappa shape index (κ2) is 8.26. The average Bonchev–Trinajstić information content (AvgIpc) is 3.30. The largest absolute Gasteiger partial charge is 0.474 e. The van der Waals surface area contributed by atoms with Gasteiger partial charge in [-0.25, -0.2) is 9.78 Å². The van der Waals surface area contributed by atoms with Gasteiger partial charge in [-0.2, -0.15) is 0 Å². The summed E-state index contributed by atoms with van der Waals surface area (Å²) in [5, 5.41) is 0. The van der Waals surface area contributed by atoms with Gasteiger partial charge in [0.05, 0.1) is 12.2 Å². The first-order valence-electron chi connectivity index (χ1n) is 8.42. The molecular weight excluding hydrogens is 310 g/mol. The number of carbonyl (C=O) groups is 1. The van der Waals surface area contributed by atoms with E-state index < -0.39 is 5.97 Å². The van der Waals surface area contributed by atoms with Crippen LogP contribution in [-0.4, -0.2) is 49.6 Å². The fraction of sp³-hybridized carbons (Fsp3) is 0.556. The second-order valence-electron chi connectivity index (χ2n) is 5.96. The van der Waals surface area contributed by atoms with Gasteiger partial charge in [-0.05, 0) is 37.3 Å². The number of carbonyl (C=O) groups excluding carboxylic acids is 1. The molecule has 0 N–H and O–H groups in total. The van der Waals surface area contributed by atoms with E-state index in [2.05, 4.69) is 11.6 Å². The van der Waals surface area contributed by atoms with Gasteiger partial charge in [-0.3, -0.25) is 0 Å². The summed E-state index contributed by atoms with van der Waals surface area (Å²) in [5.41, 5.74) is 0.952. The number of ether oxygens (including phenoxy) is 4. The topological polar surface area (TPSA) is 66.9 Å². The highest BCUT2D eigenvalue weighted by molar-refractivity contribution is 5.95. The van der Waals surface area contributed by atoms with Crippen LogP contribution in [0.25, 0.3) is 6.08 Å². The van der Waals surface area contributed by atoms with Gasteiger partial charge in [0, 0.05) is 19.4 Å². The predicted molar refractivity (Wildman–Crippen MR) is 88.1 cm³/mol. The van der Waals surface area contributed by atoms with Gasteiger partial charge < -0.3 is 18.9 Å². The molecule has 1 aromatic rings. The van der Waals surface area contributed by atoms with Crippen molar-refractivity contribution in [2.45, 2.75) is 37.9 Å². The lowest BCUT2D eigenvalue weighted by Crippen LogP contribution is -2.21. The van der Waals surface area contributed by atoms with Crippen LogP contribution in [0.15, 0.2) is 18.8 Å². The highest BCUT2D eigenvalue weighted by Crippen LogP contribution is 2.24. The van der Waals surface area contributed by atoms with Gasteiger partial charge in [-0.1, -0.05) is 12.7 Å². The number of hydrogen-bond acceptors (Lipinski definition) is 6. The third-order valence-electron chi connectivity index (χ3n) is 4.23. The number of esters is 1. The Morgan fingerprint density at radius 2 is 1.96 bits per heavy atom. The smallest absolute Gasteiger partial charge is 0.344 e. The van der Waals surface area contributed by atoms with Crippen LogP contribution in [0, 0.1) is 0 Å². The molecule has 6 nitrogen and oxygen atoms in total. The monoisotopic (exact) mass is 333 g/mol. The van der Waals surface area contributed by atoms with Crippen LogP contribution in [0.3, 0.4) is 0 Å². The minimum absolute atomic E-state index is 0.0194.